The van der Waals surface area contributed by atoms with Gasteiger partial charge in [-0.15, -0.1) is 0 Å². The lowest BCUT2D eigenvalue weighted by atomic mass is 10.3. The van der Waals surface area contributed by atoms with E-state index in [9.17, 15) is 4.39 Å². The number of nitrogens with one attached hydrogen (secondary N) is 1. The van der Waals surface area contributed by atoms with Crippen molar-refractivity contribution in [2.24, 2.45) is 0 Å². The molecule has 0 amide bonds. The van der Waals surface area contributed by atoms with Crippen LogP contribution in [0.15, 0.2) is 30.5 Å². The van der Waals surface area contributed by atoms with E-state index in [1.165, 1.54) is 7.11 Å². The highest BCUT2D eigenvalue weighted by atomic mass is 19.1. The van der Waals surface area contributed by atoms with Gasteiger partial charge in [0.25, 0.3) is 0 Å². The zero-order valence-corrected chi connectivity index (χ0v) is 9.14. The number of benzene rings is 1. The molecule has 88 valence electrons. The fourth-order valence-corrected chi connectivity index (χ4v) is 1.34. The van der Waals surface area contributed by atoms with Crippen LogP contribution in [0.2, 0.25) is 0 Å². The van der Waals surface area contributed by atoms with E-state index in [0.29, 0.717) is 11.4 Å². The summed E-state index contributed by atoms with van der Waals surface area (Å²) in [6, 6.07) is 7.11. The normalized spacial score (nSPS) is 10.0. The van der Waals surface area contributed by atoms with Crippen molar-refractivity contribution in [2.75, 3.05) is 18.2 Å². The molecule has 0 saturated carbocycles. The number of methoxy groups -OCH3 is 1. The molecule has 2 aromatic rings. The Hall–Kier alpha value is -2.37. The van der Waals surface area contributed by atoms with E-state index in [2.05, 4.69) is 15.3 Å². The first-order valence-corrected chi connectivity index (χ1v) is 4.89. The number of anilines is 3. The van der Waals surface area contributed by atoms with E-state index in [-0.39, 0.29) is 11.8 Å². The first kappa shape index (κ1) is 11.1. The highest BCUT2D eigenvalue weighted by Gasteiger charge is 2.08. The third-order valence-electron chi connectivity index (χ3n) is 2.12. The van der Waals surface area contributed by atoms with Crippen LogP contribution in [0.5, 0.6) is 5.75 Å². The third-order valence-corrected chi connectivity index (χ3v) is 2.12. The van der Waals surface area contributed by atoms with Gasteiger partial charge >= 0.3 is 0 Å². The average Bonchev–Trinajstić information content (AvgIpc) is 2.34. The van der Waals surface area contributed by atoms with Crippen LogP contribution in [-0.2, 0) is 0 Å². The summed E-state index contributed by atoms with van der Waals surface area (Å²) in [6.45, 7) is 0. The summed E-state index contributed by atoms with van der Waals surface area (Å²) in [5, 5.41) is 2.80. The number of halogens is 1. The second-order valence-corrected chi connectivity index (χ2v) is 3.25. The van der Waals surface area contributed by atoms with Crippen LogP contribution in [0.3, 0.4) is 0 Å². The number of nitrogen functional groups attached to an aromatic ring is 1. The van der Waals surface area contributed by atoms with Crippen LogP contribution in [0.1, 0.15) is 0 Å². The molecule has 0 unspecified atom stereocenters. The quantitative estimate of drug-likeness (QED) is 0.849. The molecule has 1 aromatic carbocycles. The number of nitrogens with zero attached hydrogens (tertiary/aromatic N) is 2. The summed E-state index contributed by atoms with van der Waals surface area (Å²) in [5.74, 6) is 0.0278. The second-order valence-electron chi connectivity index (χ2n) is 3.25. The lowest BCUT2D eigenvalue weighted by Crippen LogP contribution is -2.03. The molecule has 0 spiro atoms. The number of ether oxygens (including phenoxy) is 1. The van der Waals surface area contributed by atoms with Crippen molar-refractivity contribution in [3.8, 4) is 5.75 Å². The molecular formula is C11H11FN4O. The number of aromatic nitrogens is 2. The monoisotopic (exact) mass is 234 g/mol. The summed E-state index contributed by atoms with van der Waals surface area (Å²) < 4.78 is 18.5. The molecule has 17 heavy (non-hydrogen) atoms. The first-order chi connectivity index (χ1) is 8.20. The van der Waals surface area contributed by atoms with Crippen molar-refractivity contribution in [3.05, 3.63) is 36.3 Å². The number of rotatable bonds is 3. The molecule has 0 aliphatic carbocycles. The van der Waals surface area contributed by atoms with Crippen LogP contribution in [0.25, 0.3) is 0 Å². The zero-order valence-electron chi connectivity index (χ0n) is 9.14. The molecule has 0 saturated heterocycles. The van der Waals surface area contributed by atoms with Crippen molar-refractivity contribution in [1.82, 2.24) is 9.97 Å². The minimum absolute atomic E-state index is 0.00352. The van der Waals surface area contributed by atoms with Gasteiger partial charge in [-0.1, -0.05) is 12.1 Å². The molecule has 3 N–H and O–H groups in total. The maximum Gasteiger partial charge on any atom is 0.222 e. The highest BCUT2D eigenvalue weighted by Crippen LogP contribution is 2.27. The average molecular weight is 234 g/mol. The Labute approximate surface area is 97.5 Å². The van der Waals surface area contributed by atoms with E-state index < -0.39 is 5.82 Å². The summed E-state index contributed by atoms with van der Waals surface area (Å²) in [6.07, 6.45) is 1.01. The van der Waals surface area contributed by atoms with Gasteiger partial charge in [0.15, 0.2) is 11.6 Å². The van der Waals surface area contributed by atoms with Crippen LogP contribution in [0, 0.1) is 5.82 Å². The van der Waals surface area contributed by atoms with Crippen molar-refractivity contribution >= 4 is 17.5 Å². The molecule has 0 fully saturated rings. The molecule has 1 heterocycles. The molecule has 0 radical (unpaired) electrons. The Morgan fingerprint density at radius 1 is 1.35 bits per heavy atom. The molecule has 2 rings (SSSR count). The van der Waals surface area contributed by atoms with Crippen LogP contribution in [0.4, 0.5) is 21.8 Å². The first-order valence-electron chi connectivity index (χ1n) is 4.89. The van der Waals surface area contributed by atoms with Gasteiger partial charge in [0.1, 0.15) is 5.75 Å². The zero-order chi connectivity index (χ0) is 12.3. The fourth-order valence-electron chi connectivity index (χ4n) is 1.34. The molecule has 0 aliphatic heterocycles. The summed E-state index contributed by atoms with van der Waals surface area (Å²) in [7, 11) is 1.53. The van der Waals surface area contributed by atoms with Crippen LogP contribution >= 0.6 is 0 Å². The Bertz CT molecular complexity index is 533. The number of nitrogens with two attached hydrogens (primary N) is 1. The number of para-hydroxylation sites is 2. The van der Waals surface area contributed by atoms with Gasteiger partial charge in [0, 0.05) is 0 Å². The fraction of sp³-hybridized carbons (Fsp3) is 0.0909. The lowest BCUT2D eigenvalue weighted by molar-refractivity contribution is 0.417. The highest BCUT2D eigenvalue weighted by molar-refractivity contribution is 5.64. The van der Waals surface area contributed by atoms with E-state index >= 15 is 0 Å². The Kier molecular flexibility index (Phi) is 3.04. The van der Waals surface area contributed by atoms with Gasteiger partial charge in [0.05, 0.1) is 19.0 Å². The Morgan fingerprint density at radius 3 is 2.88 bits per heavy atom. The largest absolute Gasteiger partial charge is 0.495 e. The molecule has 0 aliphatic rings. The van der Waals surface area contributed by atoms with E-state index in [0.717, 1.165) is 6.20 Å². The summed E-state index contributed by atoms with van der Waals surface area (Å²) in [5.41, 5.74) is 6.00. The molecule has 0 bridgehead atoms. The molecule has 1 aromatic heterocycles. The smallest absolute Gasteiger partial charge is 0.222 e. The maximum atomic E-state index is 13.4. The van der Waals surface area contributed by atoms with Gasteiger partial charge in [-0.2, -0.15) is 4.98 Å². The van der Waals surface area contributed by atoms with Crippen molar-refractivity contribution in [1.29, 1.82) is 0 Å². The van der Waals surface area contributed by atoms with Crippen LogP contribution < -0.4 is 15.8 Å². The standard InChI is InChI=1S/C11H11FN4O/c1-17-9-5-3-2-4-8(9)15-10-7(12)6-14-11(13)16-10/h2-6H,1H3,(H3,13,14,15,16). The topological polar surface area (TPSA) is 73.1 Å². The van der Waals surface area contributed by atoms with E-state index in [1.807, 2.05) is 6.07 Å². The molecule has 6 heteroatoms. The van der Waals surface area contributed by atoms with Gasteiger partial charge in [-0.05, 0) is 12.1 Å². The summed E-state index contributed by atoms with van der Waals surface area (Å²) >= 11 is 0. The van der Waals surface area contributed by atoms with E-state index in [1.54, 1.807) is 18.2 Å². The minimum atomic E-state index is -0.579. The SMILES string of the molecule is COc1ccccc1Nc1nc(N)ncc1F. The molecular weight excluding hydrogens is 223 g/mol. The maximum absolute atomic E-state index is 13.4. The molecule has 0 atom stereocenters. The lowest BCUT2D eigenvalue weighted by Gasteiger charge is -2.10. The third kappa shape index (κ3) is 2.41. The van der Waals surface area contributed by atoms with Crippen molar-refractivity contribution < 1.29 is 9.13 Å². The Balaban J connectivity index is 2.34. The predicted molar refractivity (Wildman–Crippen MR) is 62.7 cm³/mol. The van der Waals surface area contributed by atoms with Gasteiger partial charge in [-0.25, -0.2) is 9.37 Å². The predicted octanol–water partition coefficient (Wildman–Crippen LogP) is 1.95. The minimum Gasteiger partial charge on any atom is -0.495 e. The van der Waals surface area contributed by atoms with E-state index in [4.69, 9.17) is 10.5 Å². The van der Waals surface area contributed by atoms with Crippen molar-refractivity contribution in [2.45, 2.75) is 0 Å². The number of hydrogen-bond donors (Lipinski definition) is 2. The van der Waals surface area contributed by atoms with Gasteiger partial charge in [-0.3, -0.25) is 0 Å². The van der Waals surface area contributed by atoms with Crippen LogP contribution in [-0.4, -0.2) is 17.1 Å². The van der Waals surface area contributed by atoms with Crippen molar-refractivity contribution in [3.63, 3.8) is 0 Å². The summed E-state index contributed by atoms with van der Waals surface area (Å²) in [4.78, 5) is 7.31. The van der Waals surface area contributed by atoms with Gasteiger partial charge < -0.3 is 15.8 Å². The molecule has 5 nitrogen and oxygen atoms in total. The number of hydrogen-bond acceptors (Lipinski definition) is 5. The van der Waals surface area contributed by atoms with Gasteiger partial charge in [0.2, 0.25) is 5.95 Å². The Morgan fingerprint density at radius 2 is 2.12 bits per heavy atom. The second kappa shape index (κ2) is 4.65.